The molecule has 248 valence electrons. The van der Waals surface area contributed by atoms with Gasteiger partial charge in [-0.1, -0.05) is 29.3 Å². The van der Waals surface area contributed by atoms with Gasteiger partial charge in [-0.2, -0.15) is 5.10 Å². The first-order chi connectivity index (χ1) is 20.9. The molecule has 45 heavy (non-hydrogen) atoms. The predicted octanol–water partition coefficient (Wildman–Crippen LogP) is 5.57. The van der Waals surface area contributed by atoms with Crippen molar-refractivity contribution in [3.05, 3.63) is 51.3 Å². The third kappa shape index (κ3) is 10.1. The molecule has 0 radical (unpaired) electrons. The molecule has 13 nitrogen and oxygen atoms in total. The molecule has 1 fully saturated rings. The monoisotopic (exact) mass is 688 g/mol. The van der Waals surface area contributed by atoms with Crippen LogP contribution in [0.3, 0.4) is 0 Å². The Kier molecular flexibility index (Phi) is 12.4. The molecule has 1 amide bonds. The van der Waals surface area contributed by atoms with Crippen LogP contribution in [0.2, 0.25) is 10.0 Å². The fraction of sp³-hybridized carbons (Fsp3) is 0.552. The number of rotatable bonds is 12. The highest BCUT2D eigenvalue weighted by Crippen LogP contribution is 2.53. The summed E-state index contributed by atoms with van der Waals surface area (Å²) in [6.07, 6.45) is 1.94. The number of Topliss-reactive ketones (excluding diaryl/α,β-unsaturated/α-hetero) is 1. The topological polar surface area (TPSA) is 166 Å². The van der Waals surface area contributed by atoms with Crippen LogP contribution in [-0.4, -0.2) is 71.2 Å². The first kappa shape index (κ1) is 36.7. The summed E-state index contributed by atoms with van der Waals surface area (Å²) >= 11 is 12.3. The highest BCUT2D eigenvalue weighted by Gasteiger charge is 2.39. The third-order valence-corrected chi connectivity index (χ3v) is 9.31. The van der Waals surface area contributed by atoms with Gasteiger partial charge in [0.2, 0.25) is 13.6 Å². The lowest BCUT2D eigenvalue weighted by Gasteiger charge is -2.35. The Labute approximate surface area is 272 Å². The number of carbonyl (C=O) groups excluding carboxylic acids is 4. The lowest BCUT2D eigenvalue weighted by Crippen LogP contribution is -2.44. The second-order valence-electron chi connectivity index (χ2n) is 12.5. The van der Waals surface area contributed by atoms with Gasteiger partial charge in [0.15, 0.2) is 5.78 Å². The number of aromatic amines is 1. The van der Waals surface area contributed by atoms with Gasteiger partial charge in [-0.15, -0.1) is 0 Å². The zero-order valence-electron chi connectivity index (χ0n) is 26.1. The molecule has 1 aromatic heterocycles. The molecular formula is C29H39Cl2N4O9P. The second-order valence-corrected chi connectivity index (χ2v) is 15.3. The standard InChI is InChI=1S/C29H39Cl2N4O9P/c1-28(2,3)26(38)41-16-43-45(40,44-17-42-27(39)29(4,5)6)35-12-10-19(11-13-35)33-25(37)24-18(15-32-34-24)14-22(36)23-20(30)8-7-9-21(23)31/h7-9,15,19H,10-14,16-17H2,1-6H3,(H,32,34)(H,33,37). The van der Waals surface area contributed by atoms with Gasteiger partial charge < -0.3 is 14.8 Å². The number of piperidine rings is 1. The van der Waals surface area contributed by atoms with E-state index in [0.29, 0.717) is 18.4 Å². The van der Waals surface area contributed by atoms with Crippen LogP contribution in [-0.2, 0) is 39.1 Å². The number of nitrogens with one attached hydrogen (secondary N) is 2. The minimum Gasteiger partial charge on any atom is -0.438 e. The molecule has 0 saturated carbocycles. The van der Waals surface area contributed by atoms with Crippen molar-refractivity contribution in [2.75, 3.05) is 26.7 Å². The number of ketones is 1. The molecule has 1 saturated heterocycles. The zero-order valence-corrected chi connectivity index (χ0v) is 28.5. The van der Waals surface area contributed by atoms with E-state index in [1.165, 1.54) is 10.9 Å². The van der Waals surface area contributed by atoms with Gasteiger partial charge in [0, 0.05) is 31.1 Å². The first-order valence-corrected chi connectivity index (χ1v) is 16.5. The average molecular weight is 690 g/mol. The Balaban J connectivity index is 1.62. The van der Waals surface area contributed by atoms with Gasteiger partial charge in [-0.25, -0.2) is 9.24 Å². The number of carbonyl (C=O) groups is 4. The molecule has 0 bridgehead atoms. The van der Waals surface area contributed by atoms with Gasteiger partial charge in [0.05, 0.1) is 32.6 Å². The van der Waals surface area contributed by atoms with Gasteiger partial charge in [-0.3, -0.25) is 33.3 Å². The molecule has 2 N–H and O–H groups in total. The number of aromatic nitrogens is 2. The summed E-state index contributed by atoms with van der Waals surface area (Å²) in [5.74, 6) is -1.97. The van der Waals surface area contributed by atoms with Crippen LogP contribution in [0, 0.1) is 10.8 Å². The minimum atomic E-state index is -4.09. The van der Waals surface area contributed by atoms with E-state index < -0.39 is 50.0 Å². The Morgan fingerprint density at radius 2 is 1.47 bits per heavy atom. The molecule has 1 aliphatic heterocycles. The average Bonchev–Trinajstić information content (AvgIpc) is 3.40. The van der Waals surface area contributed by atoms with E-state index in [9.17, 15) is 23.7 Å². The maximum atomic E-state index is 13.8. The Bertz CT molecular complexity index is 1390. The van der Waals surface area contributed by atoms with Crippen LogP contribution in [0.1, 0.15) is 80.8 Å². The van der Waals surface area contributed by atoms with E-state index in [1.807, 2.05) is 0 Å². The summed E-state index contributed by atoms with van der Waals surface area (Å²) in [6.45, 7) is 9.03. The summed E-state index contributed by atoms with van der Waals surface area (Å²) in [5.41, 5.74) is -0.970. The molecule has 0 spiro atoms. The normalized spacial score (nSPS) is 15.0. The van der Waals surface area contributed by atoms with E-state index in [1.54, 1.807) is 59.7 Å². The van der Waals surface area contributed by atoms with Crippen molar-refractivity contribution in [1.29, 1.82) is 0 Å². The van der Waals surface area contributed by atoms with Crippen molar-refractivity contribution in [2.24, 2.45) is 10.8 Å². The number of hydrogen-bond donors (Lipinski definition) is 2. The Morgan fingerprint density at radius 1 is 0.956 bits per heavy atom. The summed E-state index contributed by atoms with van der Waals surface area (Å²) in [4.78, 5) is 50.4. The molecule has 3 rings (SSSR count). The van der Waals surface area contributed by atoms with Crippen LogP contribution in [0.5, 0.6) is 0 Å². The molecule has 16 heteroatoms. The fourth-order valence-corrected chi connectivity index (χ4v) is 6.21. The highest BCUT2D eigenvalue weighted by molar-refractivity contribution is 7.51. The maximum absolute atomic E-state index is 13.8. The van der Waals surface area contributed by atoms with E-state index >= 15 is 0 Å². The van der Waals surface area contributed by atoms with Gasteiger partial charge >= 0.3 is 19.7 Å². The van der Waals surface area contributed by atoms with Gasteiger partial charge in [0.1, 0.15) is 5.69 Å². The maximum Gasteiger partial charge on any atom is 0.414 e. The van der Waals surface area contributed by atoms with Crippen molar-refractivity contribution >= 4 is 54.6 Å². The predicted molar refractivity (Wildman–Crippen MR) is 166 cm³/mol. The number of halogens is 2. The van der Waals surface area contributed by atoms with Crippen molar-refractivity contribution in [3.8, 4) is 0 Å². The van der Waals surface area contributed by atoms with Crippen molar-refractivity contribution in [1.82, 2.24) is 20.2 Å². The molecule has 0 aliphatic carbocycles. The van der Waals surface area contributed by atoms with Crippen molar-refractivity contribution < 1.29 is 42.3 Å². The smallest absolute Gasteiger partial charge is 0.414 e. The number of ether oxygens (including phenoxy) is 2. The third-order valence-electron chi connectivity index (χ3n) is 6.73. The number of esters is 2. The first-order valence-electron chi connectivity index (χ1n) is 14.2. The summed E-state index contributed by atoms with van der Waals surface area (Å²) in [7, 11) is -4.09. The number of benzene rings is 1. The van der Waals surface area contributed by atoms with E-state index in [2.05, 4.69) is 15.5 Å². The number of nitrogens with zero attached hydrogens (tertiary/aromatic N) is 2. The molecular weight excluding hydrogens is 650 g/mol. The van der Waals surface area contributed by atoms with Gasteiger partial charge in [-0.05, 0) is 66.5 Å². The summed E-state index contributed by atoms with van der Waals surface area (Å²) < 4.78 is 36.4. The highest BCUT2D eigenvalue weighted by atomic mass is 35.5. The second kappa shape index (κ2) is 15.2. The Morgan fingerprint density at radius 3 is 1.96 bits per heavy atom. The molecule has 2 aromatic rings. The van der Waals surface area contributed by atoms with Crippen LogP contribution in [0.25, 0.3) is 0 Å². The lowest BCUT2D eigenvalue weighted by molar-refractivity contribution is -0.162. The van der Waals surface area contributed by atoms with E-state index in [-0.39, 0.29) is 52.6 Å². The van der Waals surface area contributed by atoms with E-state index in [0.717, 1.165) is 0 Å². The fourth-order valence-electron chi connectivity index (χ4n) is 4.11. The lowest BCUT2D eigenvalue weighted by atomic mass is 9.98. The summed E-state index contributed by atoms with van der Waals surface area (Å²) in [5, 5.41) is 9.89. The van der Waals surface area contributed by atoms with Crippen molar-refractivity contribution in [2.45, 2.75) is 66.8 Å². The largest absolute Gasteiger partial charge is 0.438 e. The van der Waals surface area contributed by atoms with Gasteiger partial charge in [0.25, 0.3) is 5.91 Å². The quantitative estimate of drug-likeness (QED) is 0.124. The Hall–Kier alpha value is -2.80. The SMILES string of the molecule is CC(C)(C)C(=O)OCOP(=O)(OCOC(=O)C(C)(C)C)N1CCC(NC(=O)c2[nH]ncc2CC(=O)c2c(Cl)cccc2Cl)CC1. The molecule has 0 atom stereocenters. The number of amides is 1. The molecule has 0 unspecified atom stereocenters. The van der Waals surface area contributed by atoms with Crippen LogP contribution in [0.4, 0.5) is 0 Å². The molecule has 1 aromatic carbocycles. The van der Waals surface area contributed by atoms with Crippen LogP contribution in [0.15, 0.2) is 24.4 Å². The number of hydrogen-bond acceptors (Lipinski definition) is 10. The van der Waals surface area contributed by atoms with E-state index in [4.69, 9.17) is 41.7 Å². The number of H-pyrrole nitrogens is 1. The summed E-state index contributed by atoms with van der Waals surface area (Å²) in [6, 6.07) is 4.41. The minimum absolute atomic E-state index is 0.118. The van der Waals surface area contributed by atoms with Crippen LogP contribution < -0.4 is 5.32 Å². The van der Waals surface area contributed by atoms with Crippen molar-refractivity contribution in [3.63, 3.8) is 0 Å². The van der Waals surface area contributed by atoms with Crippen LogP contribution >= 0.6 is 30.9 Å². The molecule has 1 aliphatic rings. The molecule has 2 heterocycles. The zero-order chi connectivity index (χ0) is 33.6.